The van der Waals surface area contributed by atoms with Gasteiger partial charge in [0.15, 0.2) is 0 Å². The number of carboxylic acid groups (broad SMARTS) is 1. The average molecular weight is 295 g/mol. The van der Waals surface area contributed by atoms with E-state index in [4.69, 9.17) is 5.11 Å². The van der Waals surface area contributed by atoms with E-state index in [1.807, 2.05) is 6.07 Å². The quantitative estimate of drug-likeness (QED) is 0.886. The van der Waals surface area contributed by atoms with Crippen molar-refractivity contribution in [1.82, 2.24) is 9.97 Å². The van der Waals surface area contributed by atoms with E-state index >= 15 is 0 Å². The van der Waals surface area contributed by atoms with Crippen molar-refractivity contribution in [2.45, 2.75) is 0 Å². The van der Waals surface area contributed by atoms with Gasteiger partial charge in [-0.15, -0.1) is 0 Å². The summed E-state index contributed by atoms with van der Waals surface area (Å²) in [5, 5.41) is 8.71. The van der Waals surface area contributed by atoms with E-state index in [-0.39, 0.29) is 5.56 Å². The number of aromatic amines is 1. The van der Waals surface area contributed by atoms with E-state index in [1.54, 1.807) is 18.2 Å². The highest BCUT2D eigenvalue weighted by atomic mass is 79.9. The maximum absolute atomic E-state index is 11.5. The van der Waals surface area contributed by atoms with Crippen molar-refractivity contribution in [3.05, 3.63) is 50.9 Å². The lowest BCUT2D eigenvalue weighted by atomic mass is 10.2. The molecule has 0 amide bonds. The number of hydrogen-bond donors (Lipinski definition) is 2. The van der Waals surface area contributed by atoms with Crippen molar-refractivity contribution < 1.29 is 9.90 Å². The van der Waals surface area contributed by atoms with Crippen LogP contribution in [0.1, 0.15) is 10.4 Å². The SMILES string of the molecule is O=C(O)c1cnc(-c2ccccc2Br)[nH]c1=O. The van der Waals surface area contributed by atoms with Crippen LogP contribution in [0.5, 0.6) is 0 Å². The molecule has 0 radical (unpaired) electrons. The summed E-state index contributed by atoms with van der Waals surface area (Å²) in [5.41, 5.74) is -0.347. The molecule has 86 valence electrons. The number of hydrogen-bond acceptors (Lipinski definition) is 3. The van der Waals surface area contributed by atoms with E-state index in [2.05, 4.69) is 25.9 Å². The third-order valence-electron chi connectivity index (χ3n) is 2.16. The number of nitrogens with zero attached hydrogens (tertiary/aromatic N) is 1. The summed E-state index contributed by atoms with van der Waals surface area (Å²) in [7, 11) is 0. The van der Waals surface area contributed by atoms with Crippen molar-refractivity contribution in [1.29, 1.82) is 0 Å². The van der Waals surface area contributed by atoms with Crippen LogP contribution in [0.4, 0.5) is 0 Å². The Kier molecular flexibility index (Phi) is 3.06. The Morgan fingerprint density at radius 2 is 2.06 bits per heavy atom. The molecule has 1 aromatic heterocycles. The van der Waals surface area contributed by atoms with Crippen molar-refractivity contribution in [2.24, 2.45) is 0 Å². The normalized spacial score (nSPS) is 10.2. The Hall–Kier alpha value is -1.95. The first-order valence-corrected chi connectivity index (χ1v) is 5.46. The molecular formula is C11H7BrN2O3. The smallest absolute Gasteiger partial charge is 0.342 e. The minimum absolute atomic E-state index is 0.326. The van der Waals surface area contributed by atoms with Crippen LogP contribution in [0.15, 0.2) is 39.7 Å². The van der Waals surface area contributed by atoms with Gasteiger partial charge in [0.2, 0.25) is 0 Å². The number of halogens is 1. The number of nitrogens with one attached hydrogen (secondary N) is 1. The molecule has 2 rings (SSSR count). The van der Waals surface area contributed by atoms with Gasteiger partial charge >= 0.3 is 5.97 Å². The Morgan fingerprint density at radius 3 is 2.65 bits per heavy atom. The molecule has 6 heteroatoms. The van der Waals surface area contributed by atoms with E-state index < -0.39 is 11.5 Å². The van der Waals surface area contributed by atoms with Gasteiger partial charge in [-0.05, 0) is 6.07 Å². The highest BCUT2D eigenvalue weighted by Crippen LogP contribution is 2.23. The molecule has 0 fully saturated rings. The van der Waals surface area contributed by atoms with Crippen LogP contribution >= 0.6 is 15.9 Å². The van der Waals surface area contributed by atoms with Crippen molar-refractivity contribution >= 4 is 21.9 Å². The summed E-state index contributed by atoms with van der Waals surface area (Å²) < 4.78 is 0.770. The molecule has 0 saturated carbocycles. The van der Waals surface area contributed by atoms with Crippen molar-refractivity contribution in [2.75, 3.05) is 0 Å². The highest BCUT2D eigenvalue weighted by Gasteiger charge is 2.11. The second-order valence-electron chi connectivity index (χ2n) is 3.26. The molecule has 0 spiro atoms. The second-order valence-corrected chi connectivity index (χ2v) is 4.11. The van der Waals surface area contributed by atoms with Crippen LogP contribution in [0.3, 0.4) is 0 Å². The standard InChI is InChI=1S/C11H7BrN2O3/c12-8-4-2-1-3-6(8)9-13-5-7(11(16)17)10(15)14-9/h1-5H,(H,16,17)(H,13,14,15). The van der Waals surface area contributed by atoms with Gasteiger partial charge in [-0.25, -0.2) is 9.78 Å². The summed E-state index contributed by atoms with van der Waals surface area (Å²) in [6.45, 7) is 0. The van der Waals surface area contributed by atoms with Gasteiger partial charge < -0.3 is 10.1 Å². The molecule has 0 bridgehead atoms. The molecule has 17 heavy (non-hydrogen) atoms. The van der Waals surface area contributed by atoms with Crippen LogP contribution < -0.4 is 5.56 Å². The topological polar surface area (TPSA) is 83.0 Å². The molecule has 5 nitrogen and oxygen atoms in total. The van der Waals surface area contributed by atoms with Gasteiger partial charge in [0.25, 0.3) is 5.56 Å². The predicted molar refractivity (Wildman–Crippen MR) is 65.0 cm³/mol. The molecule has 0 saturated heterocycles. The molecular weight excluding hydrogens is 288 g/mol. The lowest BCUT2D eigenvalue weighted by molar-refractivity contribution is 0.0694. The molecule has 0 unspecified atom stereocenters. The summed E-state index contributed by atoms with van der Waals surface area (Å²) in [6.07, 6.45) is 1.05. The van der Waals surface area contributed by atoms with Crippen LogP contribution in [0.2, 0.25) is 0 Å². The van der Waals surface area contributed by atoms with Crippen LogP contribution in [0, 0.1) is 0 Å². The first-order chi connectivity index (χ1) is 8.09. The summed E-state index contributed by atoms with van der Waals surface area (Å²) in [4.78, 5) is 28.5. The van der Waals surface area contributed by atoms with E-state index in [0.717, 1.165) is 10.7 Å². The maximum atomic E-state index is 11.5. The zero-order valence-electron chi connectivity index (χ0n) is 8.48. The second kappa shape index (κ2) is 4.50. The van der Waals surface area contributed by atoms with Gasteiger partial charge in [0, 0.05) is 16.2 Å². The van der Waals surface area contributed by atoms with Gasteiger partial charge in [-0.3, -0.25) is 4.79 Å². The van der Waals surface area contributed by atoms with Crippen LogP contribution in [-0.2, 0) is 0 Å². The van der Waals surface area contributed by atoms with Gasteiger partial charge in [0.05, 0.1) is 0 Å². The fraction of sp³-hybridized carbons (Fsp3) is 0. The van der Waals surface area contributed by atoms with E-state index in [1.165, 1.54) is 0 Å². The highest BCUT2D eigenvalue weighted by molar-refractivity contribution is 9.10. The number of aromatic carboxylic acids is 1. The van der Waals surface area contributed by atoms with Crippen molar-refractivity contribution in [3.63, 3.8) is 0 Å². The molecule has 2 N–H and O–H groups in total. The first kappa shape index (κ1) is 11.5. The largest absolute Gasteiger partial charge is 0.477 e. The summed E-state index contributed by atoms with van der Waals surface area (Å²) in [5.74, 6) is -0.968. The summed E-state index contributed by atoms with van der Waals surface area (Å²) in [6, 6.07) is 7.20. The third-order valence-corrected chi connectivity index (χ3v) is 2.85. The number of H-pyrrole nitrogens is 1. The molecule has 0 aliphatic rings. The van der Waals surface area contributed by atoms with Gasteiger partial charge in [-0.2, -0.15) is 0 Å². The minimum atomic E-state index is -1.29. The minimum Gasteiger partial charge on any atom is -0.477 e. The molecule has 0 atom stereocenters. The summed E-state index contributed by atoms with van der Waals surface area (Å²) >= 11 is 3.33. The van der Waals surface area contributed by atoms with Gasteiger partial charge in [0.1, 0.15) is 11.4 Å². The Morgan fingerprint density at radius 1 is 1.35 bits per heavy atom. The maximum Gasteiger partial charge on any atom is 0.342 e. The lowest BCUT2D eigenvalue weighted by Gasteiger charge is -2.03. The van der Waals surface area contributed by atoms with E-state index in [0.29, 0.717) is 11.4 Å². The van der Waals surface area contributed by atoms with E-state index in [9.17, 15) is 9.59 Å². The third kappa shape index (κ3) is 2.26. The van der Waals surface area contributed by atoms with Gasteiger partial charge in [-0.1, -0.05) is 34.1 Å². The molecule has 0 aliphatic heterocycles. The average Bonchev–Trinajstić information content (AvgIpc) is 2.29. The first-order valence-electron chi connectivity index (χ1n) is 4.67. The number of aromatic nitrogens is 2. The Balaban J connectivity index is 2.57. The molecule has 2 aromatic rings. The molecule has 0 aliphatic carbocycles. The molecule has 1 heterocycles. The van der Waals surface area contributed by atoms with Crippen LogP contribution in [-0.4, -0.2) is 21.0 Å². The Bertz CT molecular complexity index is 637. The monoisotopic (exact) mass is 294 g/mol. The van der Waals surface area contributed by atoms with Crippen molar-refractivity contribution in [3.8, 4) is 11.4 Å². The molecule has 1 aromatic carbocycles. The number of carbonyl (C=O) groups is 1. The predicted octanol–water partition coefficient (Wildman–Crippen LogP) is 1.90. The number of benzene rings is 1. The fourth-order valence-electron chi connectivity index (χ4n) is 1.34. The lowest BCUT2D eigenvalue weighted by Crippen LogP contribution is -2.18. The zero-order valence-corrected chi connectivity index (χ0v) is 10.1. The fourth-order valence-corrected chi connectivity index (χ4v) is 1.81. The number of rotatable bonds is 2. The zero-order chi connectivity index (χ0) is 12.4. The van der Waals surface area contributed by atoms with Crippen LogP contribution in [0.25, 0.3) is 11.4 Å². The number of carboxylic acids is 1. The Labute approximate surface area is 104 Å².